The minimum absolute atomic E-state index is 0.125. The second-order valence-electron chi connectivity index (χ2n) is 6.77. The Hall–Kier alpha value is -1.84. The van der Waals surface area contributed by atoms with E-state index in [2.05, 4.69) is 4.90 Å². The van der Waals surface area contributed by atoms with E-state index in [9.17, 15) is 12.8 Å². The molecule has 0 aliphatic carbocycles. The van der Waals surface area contributed by atoms with Crippen LogP contribution in [0.3, 0.4) is 0 Å². The van der Waals surface area contributed by atoms with Gasteiger partial charge in [-0.2, -0.15) is 4.31 Å². The molecular weight excluding hydrogens is 433 g/mol. The van der Waals surface area contributed by atoms with E-state index in [1.54, 1.807) is 11.3 Å². The van der Waals surface area contributed by atoms with Crippen molar-refractivity contribution in [2.24, 2.45) is 0 Å². The Labute approximate surface area is 178 Å². The van der Waals surface area contributed by atoms with Gasteiger partial charge in [-0.3, -0.25) is 4.90 Å². The van der Waals surface area contributed by atoms with Gasteiger partial charge in [0.1, 0.15) is 10.8 Å². The van der Waals surface area contributed by atoms with Crippen molar-refractivity contribution in [2.45, 2.75) is 11.4 Å². The number of thiazole rings is 1. The predicted molar refractivity (Wildman–Crippen MR) is 113 cm³/mol. The molecule has 0 N–H and O–H groups in total. The minimum atomic E-state index is -3.59. The summed E-state index contributed by atoms with van der Waals surface area (Å²) in [6, 6.07) is 12.5. The normalized spacial score (nSPS) is 16.2. The van der Waals surface area contributed by atoms with Gasteiger partial charge in [-0.25, -0.2) is 17.8 Å². The van der Waals surface area contributed by atoms with Crippen molar-refractivity contribution in [3.8, 4) is 11.3 Å². The highest BCUT2D eigenvalue weighted by molar-refractivity contribution is 7.89. The van der Waals surface area contributed by atoms with Gasteiger partial charge in [-0.1, -0.05) is 23.7 Å². The lowest BCUT2D eigenvalue weighted by atomic mass is 10.2. The summed E-state index contributed by atoms with van der Waals surface area (Å²) in [7, 11) is -3.59. The second-order valence-corrected chi connectivity index (χ2v) is 10.1. The molecule has 2 heterocycles. The van der Waals surface area contributed by atoms with Crippen molar-refractivity contribution in [1.82, 2.24) is 14.2 Å². The van der Waals surface area contributed by atoms with Gasteiger partial charge in [0.25, 0.3) is 0 Å². The topological polar surface area (TPSA) is 53.5 Å². The summed E-state index contributed by atoms with van der Waals surface area (Å²) in [6.07, 6.45) is 0. The molecule has 9 heteroatoms. The van der Waals surface area contributed by atoms with E-state index in [-0.39, 0.29) is 4.90 Å². The average Bonchev–Trinajstić information content (AvgIpc) is 3.18. The number of halogens is 2. The first-order valence-electron chi connectivity index (χ1n) is 9.10. The molecule has 1 aliphatic rings. The van der Waals surface area contributed by atoms with Crippen molar-refractivity contribution in [3.05, 3.63) is 69.8 Å². The van der Waals surface area contributed by atoms with Crippen molar-refractivity contribution < 1.29 is 12.8 Å². The number of rotatable bonds is 5. The van der Waals surface area contributed by atoms with Crippen LogP contribution in [-0.4, -0.2) is 48.8 Å². The molecule has 152 valence electrons. The Kier molecular flexibility index (Phi) is 5.98. The summed E-state index contributed by atoms with van der Waals surface area (Å²) < 4.78 is 40.0. The molecule has 4 rings (SSSR count). The zero-order valence-electron chi connectivity index (χ0n) is 15.5. The van der Waals surface area contributed by atoms with Crippen LogP contribution < -0.4 is 0 Å². The third kappa shape index (κ3) is 4.67. The monoisotopic (exact) mass is 451 g/mol. The molecule has 0 saturated carbocycles. The van der Waals surface area contributed by atoms with E-state index >= 15 is 0 Å². The van der Waals surface area contributed by atoms with Crippen LogP contribution >= 0.6 is 22.9 Å². The lowest BCUT2D eigenvalue weighted by molar-refractivity contribution is 0.181. The molecule has 0 atom stereocenters. The lowest BCUT2D eigenvalue weighted by Crippen LogP contribution is -2.48. The summed E-state index contributed by atoms with van der Waals surface area (Å²) >= 11 is 7.53. The van der Waals surface area contributed by atoms with Crippen molar-refractivity contribution in [1.29, 1.82) is 0 Å². The highest BCUT2D eigenvalue weighted by Crippen LogP contribution is 2.25. The quantitative estimate of drug-likeness (QED) is 0.585. The van der Waals surface area contributed by atoms with Gasteiger partial charge in [-0.15, -0.1) is 11.3 Å². The van der Waals surface area contributed by atoms with Gasteiger partial charge < -0.3 is 0 Å². The standard InChI is InChI=1S/C20H19ClFN3O2S2/c21-16-3-1-15(2-4-16)19-14-28-20(23-19)13-24-9-11-25(12-10-24)29(26,27)18-7-5-17(22)6-8-18/h1-8,14H,9-13H2. The molecular formula is C20H19ClFN3O2S2. The number of benzene rings is 2. The second kappa shape index (κ2) is 8.49. The van der Waals surface area contributed by atoms with Gasteiger partial charge in [-0.05, 0) is 36.4 Å². The van der Waals surface area contributed by atoms with E-state index in [4.69, 9.17) is 16.6 Å². The van der Waals surface area contributed by atoms with Crippen molar-refractivity contribution in [3.63, 3.8) is 0 Å². The van der Waals surface area contributed by atoms with E-state index in [0.29, 0.717) is 37.7 Å². The van der Waals surface area contributed by atoms with Crippen LogP contribution in [0.5, 0.6) is 0 Å². The molecule has 2 aromatic carbocycles. The Balaban J connectivity index is 1.37. The molecule has 1 fully saturated rings. The predicted octanol–water partition coefficient (Wildman–Crippen LogP) is 4.11. The lowest BCUT2D eigenvalue weighted by Gasteiger charge is -2.33. The number of aromatic nitrogens is 1. The fourth-order valence-corrected chi connectivity index (χ4v) is 5.60. The summed E-state index contributed by atoms with van der Waals surface area (Å²) in [5, 5.41) is 3.70. The van der Waals surface area contributed by atoms with Gasteiger partial charge in [0.05, 0.1) is 17.1 Å². The maximum atomic E-state index is 13.1. The number of hydrogen-bond acceptors (Lipinski definition) is 5. The van der Waals surface area contributed by atoms with Gasteiger partial charge in [0.2, 0.25) is 10.0 Å². The Morgan fingerprint density at radius 2 is 1.66 bits per heavy atom. The molecule has 0 unspecified atom stereocenters. The zero-order chi connectivity index (χ0) is 20.4. The fraction of sp³-hybridized carbons (Fsp3) is 0.250. The molecule has 1 aromatic heterocycles. The van der Waals surface area contributed by atoms with E-state index < -0.39 is 15.8 Å². The molecule has 0 amide bonds. The first kappa shape index (κ1) is 20.4. The first-order chi connectivity index (χ1) is 13.9. The molecule has 1 saturated heterocycles. The summed E-state index contributed by atoms with van der Waals surface area (Å²) in [4.78, 5) is 7.01. The fourth-order valence-electron chi connectivity index (χ4n) is 3.21. The third-order valence-corrected chi connectivity index (χ3v) is 7.83. The van der Waals surface area contributed by atoms with Crippen LogP contribution in [0.4, 0.5) is 4.39 Å². The smallest absolute Gasteiger partial charge is 0.243 e. The maximum absolute atomic E-state index is 13.1. The average molecular weight is 452 g/mol. The van der Waals surface area contributed by atoms with Crippen LogP contribution in [0, 0.1) is 5.82 Å². The largest absolute Gasteiger partial charge is 0.294 e. The number of hydrogen-bond donors (Lipinski definition) is 0. The van der Waals surface area contributed by atoms with E-state index in [0.717, 1.165) is 16.3 Å². The third-order valence-electron chi connectivity index (χ3n) is 4.83. The van der Waals surface area contributed by atoms with Crippen LogP contribution in [0.25, 0.3) is 11.3 Å². The SMILES string of the molecule is O=S(=O)(c1ccc(F)cc1)N1CCN(Cc2nc(-c3ccc(Cl)cc3)cs2)CC1. The Morgan fingerprint density at radius 1 is 1.00 bits per heavy atom. The number of nitrogens with zero attached hydrogens (tertiary/aromatic N) is 3. The molecule has 0 spiro atoms. The van der Waals surface area contributed by atoms with Crippen molar-refractivity contribution >= 4 is 33.0 Å². The van der Waals surface area contributed by atoms with Crippen LogP contribution in [-0.2, 0) is 16.6 Å². The van der Waals surface area contributed by atoms with E-state index in [1.165, 1.54) is 28.6 Å². The minimum Gasteiger partial charge on any atom is -0.294 e. The summed E-state index contributed by atoms with van der Waals surface area (Å²) in [6.45, 7) is 2.72. The molecule has 5 nitrogen and oxygen atoms in total. The molecule has 3 aromatic rings. The molecule has 0 radical (unpaired) electrons. The number of sulfonamides is 1. The molecule has 0 bridgehead atoms. The summed E-state index contributed by atoms with van der Waals surface area (Å²) in [5.41, 5.74) is 1.94. The van der Waals surface area contributed by atoms with Crippen LogP contribution in [0.15, 0.2) is 58.8 Å². The van der Waals surface area contributed by atoms with E-state index in [1.807, 2.05) is 29.6 Å². The zero-order valence-corrected chi connectivity index (χ0v) is 17.9. The highest BCUT2D eigenvalue weighted by Gasteiger charge is 2.28. The highest BCUT2D eigenvalue weighted by atomic mass is 35.5. The Bertz CT molecular complexity index is 1080. The van der Waals surface area contributed by atoms with Crippen molar-refractivity contribution in [2.75, 3.05) is 26.2 Å². The van der Waals surface area contributed by atoms with Gasteiger partial charge in [0, 0.05) is 42.1 Å². The van der Waals surface area contributed by atoms with Gasteiger partial charge in [0.15, 0.2) is 0 Å². The summed E-state index contributed by atoms with van der Waals surface area (Å²) in [5.74, 6) is -0.449. The molecule has 29 heavy (non-hydrogen) atoms. The molecule has 1 aliphatic heterocycles. The maximum Gasteiger partial charge on any atom is 0.243 e. The van der Waals surface area contributed by atoms with Crippen LogP contribution in [0.2, 0.25) is 5.02 Å². The van der Waals surface area contributed by atoms with Crippen LogP contribution in [0.1, 0.15) is 5.01 Å². The number of piperazine rings is 1. The van der Waals surface area contributed by atoms with Gasteiger partial charge >= 0.3 is 0 Å². The Morgan fingerprint density at radius 3 is 2.31 bits per heavy atom. The first-order valence-corrected chi connectivity index (χ1v) is 11.8.